The van der Waals surface area contributed by atoms with Gasteiger partial charge in [-0.2, -0.15) is 4.98 Å². The zero-order valence-electron chi connectivity index (χ0n) is 9.60. The van der Waals surface area contributed by atoms with Gasteiger partial charge in [0, 0.05) is 18.3 Å². The highest BCUT2D eigenvalue weighted by Gasteiger charge is 2.20. The van der Waals surface area contributed by atoms with Gasteiger partial charge >= 0.3 is 0 Å². The Labute approximate surface area is 94.8 Å². The molecule has 1 fully saturated rings. The summed E-state index contributed by atoms with van der Waals surface area (Å²) in [7, 11) is 0. The summed E-state index contributed by atoms with van der Waals surface area (Å²) in [5.41, 5.74) is 3.38. The van der Waals surface area contributed by atoms with Crippen molar-refractivity contribution in [3.63, 3.8) is 0 Å². The van der Waals surface area contributed by atoms with Gasteiger partial charge in [0.15, 0.2) is 0 Å². The van der Waals surface area contributed by atoms with E-state index in [1.54, 1.807) is 0 Å². The van der Waals surface area contributed by atoms with Crippen LogP contribution in [0.5, 0.6) is 0 Å². The Balaban J connectivity index is 2.27. The minimum Gasteiger partial charge on any atom is -0.377 e. The van der Waals surface area contributed by atoms with Gasteiger partial charge in [-0.15, -0.1) is 0 Å². The Bertz CT molecular complexity index is 370. The first-order valence-corrected chi connectivity index (χ1v) is 5.37. The molecule has 2 rings (SSSR count). The lowest BCUT2D eigenvalue weighted by Crippen LogP contribution is -2.44. The van der Waals surface area contributed by atoms with Crippen molar-refractivity contribution < 1.29 is 4.74 Å². The van der Waals surface area contributed by atoms with Gasteiger partial charge in [0.2, 0.25) is 5.95 Å². The van der Waals surface area contributed by atoms with E-state index in [1.807, 2.05) is 13.0 Å². The summed E-state index contributed by atoms with van der Waals surface area (Å²) in [6, 6.07) is 2.29. The molecule has 0 radical (unpaired) electrons. The summed E-state index contributed by atoms with van der Waals surface area (Å²) in [6.07, 6.45) is 0. The number of aromatic nitrogens is 2. The number of nitrogens with two attached hydrogens (primary N) is 1. The standard InChI is InChI=1S/C10H17N5O/c1-7-5-9(13-10(12-7)14-11)15-3-4-16-6-8(15)2/h5,8H,3-4,6,11H2,1-2H3,(H,12,13,14). The number of morpholine rings is 1. The number of aryl methyl sites for hydroxylation is 1. The van der Waals surface area contributed by atoms with E-state index < -0.39 is 0 Å². The number of hydrogen-bond donors (Lipinski definition) is 2. The highest BCUT2D eigenvalue weighted by atomic mass is 16.5. The lowest BCUT2D eigenvalue weighted by atomic mass is 10.2. The van der Waals surface area contributed by atoms with Crippen molar-refractivity contribution >= 4 is 11.8 Å². The minimum atomic E-state index is 0.327. The first-order chi connectivity index (χ1) is 7.70. The predicted octanol–water partition coefficient (Wildman–Crippen LogP) is 0.296. The van der Waals surface area contributed by atoms with Crippen molar-refractivity contribution in [3.05, 3.63) is 11.8 Å². The molecule has 16 heavy (non-hydrogen) atoms. The van der Waals surface area contributed by atoms with Gasteiger partial charge in [-0.1, -0.05) is 0 Å². The molecule has 3 N–H and O–H groups in total. The highest BCUT2D eigenvalue weighted by Crippen LogP contribution is 2.19. The summed E-state index contributed by atoms with van der Waals surface area (Å²) < 4.78 is 5.39. The Morgan fingerprint density at radius 1 is 1.56 bits per heavy atom. The molecular formula is C10H17N5O. The molecule has 1 aliphatic rings. The normalized spacial score (nSPS) is 20.9. The molecule has 0 saturated carbocycles. The maximum Gasteiger partial charge on any atom is 0.239 e. The van der Waals surface area contributed by atoms with Crippen molar-refractivity contribution in [1.29, 1.82) is 0 Å². The Morgan fingerprint density at radius 2 is 2.38 bits per heavy atom. The average Bonchev–Trinajstić information content (AvgIpc) is 2.28. The molecule has 1 unspecified atom stereocenters. The molecule has 1 aliphatic heterocycles. The van der Waals surface area contributed by atoms with Crippen LogP contribution in [0, 0.1) is 6.92 Å². The van der Waals surface area contributed by atoms with Crippen LogP contribution in [0.3, 0.4) is 0 Å². The molecule has 0 aliphatic carbocycles. The van der Waals surface area contributed by atoms with Gasteiger partial charge < -0.3 is 9.64 Å². The van der Waals surface area contributed by atoms with E-state index in [0.717, 1.165) is 31.3 Å². The number of anilines is 2. The summed E-state index contributed by atoms with van der Waals surface area (Å²) in [5, 5.41) is 0. The number of nitrogens with one attached hydrogen (secondary N) is 1. The zero-order chi connectivity index (χ0) is 11.5. The maximum atomic E-state index is 5.39. The second kappa shape index (κ2) is 4.63. The predicted molar refractivity (Wildman–Crippen MR) is 62.2 cm³/mol. The SMILES string of the molecule is Cc1cc(N2CCOCC2C)nc(NN)n1. The molecule has 6 nitrogen and oxygen atoms in total. The van der Waals surface area contributed by atoms with Crippen LogP contribution in [0.4, 0.5) is 11.8 Å². The lowest BCUT2D eigenvalue weighted by Gasteiger charge is -2.34. The largest absolute Gasteiger partial charge is 0.377 e. The molecule has 0 spiro atoms. The number of nitrogens with zero attached hydrogens (tertiary/aromatic N) is 3. The van der Waals surface area contributed by atoms with Crippen LogP contribution in [0.2, 0.25) is 0 Å². The van der Waals surface area contributed by atoms with Gasteiger partial charge in [0.25, 0.3) is 0 Å². The van der Waals surface area contributed by atoms with Crippen molar-refractivity contribution in [2.45, 2.75) is 19.9 Å². The molecule has 1 aromatic heterocycles. The third kappa shape index (κ3) is 2.23. The number of hydrazine groups is 1. The fourth-order valence-corrected chi connectivity index (χ4v) is 1.83. The van der Waals surface area contributed by atoms with E-state index in [2.05, 4.69) is 27.2 Å². The Morgan fingerprint density at radius 3 is 3.06 bits per heavy atom. The topological polar surface area (TPSA) is 76.3 Å². The quantitative estimate of drug-likeness (QED) is 0.554. The molecular weight excluding hydrogens is 206 g/mol. The first kappa shape index (κ1) is 11.1. The highest BCUT2D eigenvalue weighted by molar-refractivity contribution is 5.45. The van der Waals surface area contributed by atoms with E-state index in [0.29, 0.717) is 12.0 Å². The monoisotopic (exact) mass is 223 g/mol. The van der Waals surface area contributed by atoms with Crippen molar-refractivity contribution in [2.75, 3.05) is 30.1 Å². The summed E-state index contributed by atoms with van der Waals surface area (Å²) in [4.78, 5) is 10.7. The van der Waals surface area contributed by atoms with Crippen LogP contribution in [0.15, 0.2) is 6.07 Å². The van der Waals surface area contributed by atoms with Crippen LogP contribution < -0.4 is 16.2 Å². The van der Waals surface area contributed by atoms with Crippen LogP contribution in [0.1, 0.15) is 12.6 Å². The van der Waals surface area contributed by atoms with Crippen LogP contribution >= 0.6 is 0 Å². The zero-order valence-corrected chi connectivity index (χ0v) is 9.60. The number of nitrogen functional groups attached to an aromatic ring is 1. The molecule has 0 bridgehead atoms. The van der Waals surface area contributed by atoms with Gasteiger partial charge in [0.05, 0.1) is 19.3 Å². The minimum absolute atomic E-state index is 0.327. The van der Waals surface area contributed by atoms with E-state index in [4.69, 9.17) is 10.6 Å². The second-order valence-electron chi connectivity index (χ2n) is 3.95. The van der Waals surface area contributed by atoms with Gasteiger partial charge in [-0.25, -0.2) is 10.8 Å². The maximum absolute atomic E-state index is 5.39. The summed E-state index contributed by atoms with van der Waals surface area (Å²) in [6.45, 7) is 6.36. The molecule has 6 heteroatoms. The van der Waals surface area contributed by atoms with Gasteiger partial charge in [0.1, 0.15) is 5.82 Å². The van der Waals surface area contributed by atoms with Crippen LogP contribution in [-0.4, -0.2) is 35.8 Å². The first-order valence-electron chi connectivity index (χ1n) is 5.37. The molecule has 0 aromatic carbocycles. The van der Waals surface area contributed by atoms with Crippen molar-refractivity contribution in [1.82, 2.24) is 9.97 Å². The van der Waals surface area contributed by atoms with Gasteiger partial charge in [-0.05, 0) is 13.8 Å². The van der Waals surface area contributed by atoms with E-state index in [-0.39, 0.29) is 0 Å². The fraction of sp³-hybridized carbons (Fsp3) is 0.600. The Kier molecular flexibility index (Phi) is 3.21. The molecule has 2 heterocycles. The molecule has 1 aromatic rings. The summed E-state index contributed by atoms with van der Waals surface area (Å²) in [5.74, 6) is 6.69. The van der Waals surface area contributed by atoms with E-state index in [9.17, 15) is 0 Å². The smallest absolute Gasteiger partial charge is 0.239 e. The fourth-order valence-electron chi connectivity index (χ4n) is 1.83. The Hall–Kier alpha value is -1.40. The van der Waals surface area contributed by atoms with Crippen molar-refractivity contribution in [3.8, 4) is 0 Å². The van der Waals surface area contributed by atoms with Crippen molar-refractivity contribution in [2.24, 2.45) is 5.84 Å². The number of hydrogen-bond acceptors (Lipinski definition) is 6. The van der Waals surface area contributed by atoms with E-state index >= 15 is 0 Å². The second-order valence-corrected chi connectivity index (χ2v) is 3.95. The molecule has 1 saturated heterocycles. The molecule has 1 atom stereocenters. The summed E-state index contributed by atoms with van der Waals surface area (Å²) >= 11 is 0. The number of rotatable bonds is 2. The average molecular weight is 223 g/mol. The van der Waals surface area contributed by atoms with Gasteiger partial charge in [-0.3, -0.25) is 5.43 Å². The van der Waals surface area contributed by atoms with Crippen LogP contribution in [-0.2, 0) is 4.74 Å². The lowest BCUT2D eigenvalue weighted by molar-refractivity contribution is 0.0985. The van der Waals surface area contributed by atoms with Crippen LogP contribution in [0.25, 0.3) is 0 Å². The third-order valence-electron chi connectivity index (χ3n) is 2.63. The molecule has 0 amide bonds. The van der Waals surface area contributed by atoms with E-state index in [1.165, 1.54) is 0 Å². The third-order valence-corrected chi connectivity index (χ3v) is 2.63. The molecule has 88 valence electrons. The number of ether oxygens (including phenoxy) is 1.